The topological polar surface area (TPSA) is 56.0 Å². The molecule has 152 valence electrons. The van der Waals surface area contributed by atoms with Crippen molar-refractivity contribution in [1.29, 1.82) is 0 Å². The van der Waals surface area contributed by atoms with Crippen LogP contribution in [-0.4, -0.2) is 39.8 Å². The van der Waals surface area contributed by atoms with E-state index < -0.39 is 0 Å². The summed E-state index contributed by atoms with van der Waals surface area (Å²) >= 11 is 5.47. The number of benzene rings is 2. The summed E-state index contributed by atoms with van der Waals surface area (Å²) in [6.45, 7) is 5.84. The number of nitrogens with one attached hydrogen (secondary N) is 3. The van der Waals surface area contributed by atoms with Gasteiger partial charge in [0, 0.05) is 28.4 Å². The Labute approximate surface area is 177 Å². The molecule has 3 N–H and O–H groups in total. The molecule has 0 unspecified atom stereocenters. The Kier molecular flexibility index (Phi) is 6.42. The first kappa shape index (κ1) is 19.9. The molecule has 1 fully saturated rings. The molecular weight excluding hydrogens is 378 g/mol. The molecule has 1 aromatic heterocycles. The van der Waals surface area contributed by atoms with Crippen LogP contribution in [0.4, 0.5) is 11.4 Å². The SMILES string of the molecule is CCCCN1CCC(c2[nH]nc3ccc(NC(=S)Nc4ccccc4)cc23)CC1. The largest absolute Gasteiger partial charge is 0.332 e. The molecule has 0 amide bonds. The lowest BCUT2D eigenvalue weighted by Crippen LogP contribution is -2.33. The van der Waals surface area contributed by atoms with Crippen LogP contribution in [-0.2, 0) is 0 Å². The Balaban J connectivity index is 1.43. The Hall–Kier alpha value is -2.44. The molecule has 1 aliphatic heterocycles. The van der Waals surface area contributed by atoms with Gasteiger partial charge in [0.05, 0.1) is 5.52 Å². The Morgan fingerprint density at radius 2 is 1.86 bits per heavy atom. The molecule has 0 saturated carbocycles. The summed E-state index contributed by atoms with van der Waals surface area (Å²) in [4.78, 5) is 2.60. The summed E-state index contributed by atoms with van der Waals surface area (Å²) in [5, 5.41) is 16.2. The summed E-state index contributed by atoms with van der Waals surface area (Å²) in [5.74, 6) is 0.544. The number of unbranched alkanes of at least 4 members (excludes halogenated alkanes) is 1. The highest BCUT2D eigenvalue weighted by molar-refractivity contribution is 7.80. The first-order valence-electron chi connectivity index (χ1n) is 10.6. The van der Waals surface area contributed by atoms with Gasteiger partial charge in [-0.3, -0.25) is 5.10 Å². The van der Waals surface area contributed by atoms with Gasteiger partial charge in [0.15, 0.2) is 5.11 Å². The summed E-state index contributed by atoms with van der Waals surface area (Å²) in [6.07, 6.45) is 4.94. The van der Waals surface area contributed by atoms with Crippen LogP contribution in [0.2, 0.25) is 0 Å². The minimum absolute atomic E-state index is 0.544. The smallest absolute Gasteiger partial charge is 0.175 e. The van der Waals surface area contributed by atoms with Crippen molar-refractivity contribution >= 4 is 39.6 Å². The zero-order valence-electron chi connectivity index (χ0n) is 16.9. The molecule has 2 aromatic carbocycles. The second-order valence-corrected chi connectivity index (χ2v) is 8.19. The number of likely N-dealkylation sites (tertiary alicyclic amines) is 1. The number of rotatable bonds is 6. The first-order valence-corrected chi connectivity index (χ1v) is 11.0. The van der Waals surface area contributed by atoms with Gasteiger partial charge in [0.25, 0.3) is 0 Å². The number of hydrogen-bond donors (Lipinski definition) is 3. The minimum atomic E-state index is 0.544. The zero-order valence-corrected chi connectivity index (χ0v) is 17.8. The number of para-hydroxylation sites is 1. The van der Waals surface area contributed by atoms with E-state index in [0.717, 1.165) is 16.9 Å². The van der Waals surface area contributed by atoms with E-state index in [-0.39, 0.29) is 0 Å². The number of thiocarbonyl (C=S) groups is 1. The molecule has 0 aliphatic carbocycles. The molecule has 0 spiro atoms. The van der Waals surface area contributed by atoms with E-state index in [2.05, 4.69) is 44.8 Å². The lowest BCUT2D eigenvalue weighted by atomic mass is 9.91. The molecule has 1 aliphatic rings. The Morgan fingerprint density at radius 3 is 2.62 bits per heavy atom. The maximum Gasteiger partial charge on any atom is 0.175 e. The van der Waals surface area contributed by atoms with Gasteiger partial charge in [-0.1, -0.05) is 31.5 Å². The molecule has 0 radical (unpaired) electrons. The van der Waals surface area contributed by atoms with Crippen molar-refractivity contribution < 1.29 is 0 Å². The summed E-state index contributed by atoms with van der Waals surface area (Å²) in [5.41, 5.74) is 4.24. The molecular formula is C23H29N5S. The Morgan fingerprint density at radius 1 is 1.10 bits per heavy atom. The van der Waals surface area contributed by atoms with E-state index in [0.29, 0.717) is 11.0 Å². The summed E-state index contributed by atoms with van der Waals surface area (Å²) in [7, 11) is 0. The van der Waals surface area contributed by atoms with Gasteiger partial charge in [0.2, 0.25) is 0 Å². The first-order chi connectivity index (χ1) is 14.2. The van der Waals surface area contributed by atoms with Crippen molar-refractivity contribution in [3.63, 3.8) is 0 Å². The number of piperidine rings is 1. The van der Waals surface area contributed by atoms with Gasteiger partial charge in [-0.2, -0.15) is 5.10 Å². The van der Waals surface area contributed by atoms with Crippen LogP contribution in [0.25, 0.3) is 10.9 Å². The fraction of sp³-hybridized carbons (Fsp3) is 0.391. The van der Waals surface area contributed by atoms with E-state index in [4.69, 9.17) is 12.2 Å². The molecule has 29 heavy (non-hydrogen) atoms. The van der Waals surface area contributed by atoms with Gasteiger partial charge in [-0.25, -0.2) is 0 Å². The molecule has 0 atom stereocenters. The minimum Gasteiger partial charge on any atom is -0.332 e. The van der Waals surface area contributed by atoms with Gasteiger partial charge in [-0.15, -0.1) is 0 Å². The monoisotopic (exact) mass is 407 g/mol. The number of fused-ring (bicyclic) bond motifs is 1. The fourth-order valence-electron chi connectivity index (χ4n) is 4.06. The van der Waals surface area contributed by atoms with Crippen molar-refractivity contribution in [1.82, 2.24) is 15.1 Å². The third kappa shape index (κ3) is 4.95. The second kappa shape index (κ2) is 9.37. The van der Waals surface area contributed by atoms with E-state index in [1.54, 1.807) is 0 Å². The summed E-state index contributed by atoms with van der Waals surface area (Å²) < 4.78 is 0. The van der Waals surface area contributed by atoms with E-state index in [9.17, 15) is 0 Å². The van der Waals surface area contributed by atoms with Crippen LogP contribution in [0, 0.1) is 0 Å². The van der Waals surface area contributed by atoms with Crippen LogP contribution < -0.4 is 10.6 Å². The third-order valence-corrected chi connectivity index (χ3v) is 5.90. The summed E-state index contributed by atoms with van der Waals surface area (Å²) in [6, 6.07) is 16.2. The zero-order chi connectivity index (χ0) is 20.1. The van der Waals surface area contributed by atoms with Crippen molar-refractivity contribution in [2.24, 2.45) is 0 Å². The molecule has 4 rings (SSSR count). The number of anilines is 2. The predicted octanol–water partition coefficient (Wildman–Crippen LogP) is 5.35. The average molecular weight is 408 g/mol. The van der Waals surface area contributed by atoms with Crippen molar-refractivity contribution in [2.75, 3.05) is 30.3 Å². The number of nitrogens with zero attached hydrogens (tertiary/aromatic N) is 2. The van der Waals surface area contributed by atoms with Gasteiger partial charge >= 0.3 is 0 Å². The third-order valence-electron chi connectivity index (χ3n) is 5.70. The lowest BCUT2D eigenvalue weighted by molar-refractivity contribution is 0.208. The van der Waals surface area contributed by atoms with Crippen molar-refractivity contribution in [3.05, 3.63) is 54.2 Å². The molecule has 1 saturated heterocycles. The van der Waals surface area contributed by atoms with Crippen molar-refractivity contribution in [3.8, 4) is 0 Å². The second-order valence-electron chi connectivity index (χ2n) is 7.78. The molecule has 0 bridgehead atoms. The van der Waals surface area contributed by atoms with E-state index in [1.807, 2.05) is 36.4 Å². The fourth-order valence-corrected chi connectivity index (χ4v) is 4.30. The van der Waals surface area contributed by atoms with E-state index >= 15 is 0 Å². The molecule has 5 nitrogen and oxygen atoms in total. The normalized spacial score (nSPS) is 15.5. The average Bonchev–Trinajstić information content (AvgIpc) is 3.16. The molecule has 3 aromatic rings. The molecule has 2 heterocycles. The maximum absolute atomic E-state index is 5.47. The lowest BCUT2D eigenvalue weighted by Gasteiger charge is -2.31. The maximum atomic E-state index is 5.47. The van der Waals surface area contributed by atoms with Crippen LogP contribution in [0.1, 0.15) is 44.2 Å². The van der Waals surface area contributed by atoms with E-state index in [1.165, 1.54) is 56.4 Å². The van der Waals surface area contributed by atoms with Crippen LogP contribution in [0.5, 0.6) is 0 Å². The Bertz CT molecular complexity index is 944. The predicted molar refractivity (Wildman–Crippen MR) is 126 cm³/mol. The number of H-pyrrole nitrogens is 1. The number of aromatic nitrogens is 2. The van der Waals surface area contributed by atoms with Crippen LogP contribution in [0.3, 0.4) is 0 Å². The highest BCUT2D eigenvalue weighted by atomic mass is 32.1. The van der Waals surface area contributed by atoms with Gasteiger partial charge in [-0.05, 0) is 81.4 Å². The van der Waals surface area contributed by atoms with Gasteiger partial charge < -0.3 is 15.5 Å². The highest BCUT2D eigenvalue weighted by Crippen LogP contribution is 2.32. The number of aromatic amines is 1. The quantitative estimate of drug-likeness (QED) is 0.481. The standard InChI is InChI=1S/C23H29N5S/c1-2-3-13-28-14-11-17(12-15-28)22-20-16-19(9-10-21(20)26-27-22)25-23(29)24-18-7-5-4-6-8-18/h4-10,16-17H,2-3,11-15H2,1H3,(H,26,27)(H2,24,25,29). The van der Waals surface area contributed by atoms with Gasteiger partial charge in [0.1, 0.15) is 0 Å². The van der Waals surface area contributed by atoms with Crippen molar-refractivity contribution in [2.45, 2.75) is 38.5 Å². The molecule has 6 heteroatoms. The van der Waals surface area contributed by atoms with Crippen LogP contribution in [0.15, 0.2) is 48.5 Å². The number of hydrogen-bond acceptors (Lipinski definition) is 3. The van der Waals surface area contributed by atoms with Crippen LogP contribution >= 0.6 is 12.2 Å². The highest BCUT2D eigenvalue weighted by Gasteiger charge is 2.23.